The van der Waals surface area contributed by atoms with Crippen LogP contribution in [-0.4, -0.2) is 47.5 Å². The van der Waals surface area contributed by atoms with Gasteiger partial charge in [-0.1, -0.05) is 65.8 Å². The van der Waals surface area contributed by atoms with E-state index >= 15 is 0 Å². The zero-order valence-corrected chi connectivity index (χ0v) is 17.2. The first kappa shape index (κ1) is 20.8. The molecule has 0 aliphatic carbocycles. The molecule has 2 N–H and O–H groups in total. The number of carbonyl (C=O) groups is 2. The van der Waals surface area contributed by atoms with Crippen LogP contribution in [-0.2, 0) is 16.1 Å². The van der Waals surface area contributed by atoms with Crippen molar-refractivity contribution in [3.63, 3.8) is 0 Å². The lowest BCUT2D eigenvalue weighted by Gasteiger charge is -2.37. The van der Waals surface area contributed by atoms with Crippen LogP contribution in [0, 0.1) is 0 Å². The van der Waals surface area contributed by atoms with Crippen molar-refractivity contribution in [1.82, 2.24) is 20.7 Å². The lowest BCUT2D eigenvalue weighted by molar-refractivity contribution is -0.134. The molecule has 1 aliphatic heterocycles. The van der Waals surface area contributed by atoms with E-state index in [0.29, 0.717) is 25.3 Å². The van der Waals surface area contributed by atoms with Gasteiger partial charge in [0, 0.05) is 31.6 Å². The van der Waals surface area contributed by atoms with Crippen molar-refractivity contribution >= 4 is 11.8 Å². The highest BCUT2D eigenvalue weighted by atomic mass is 16.5. The molecular weight excluding hydrogens is 392 g/mol. The van der Waals surface area contributed by atoms with Crippen LogP contribution in [0.2, 0.25) is 0 Å². The van der Waals surface area contributed by atoms with Crippen LogP contribution in [0.25, 0.3) is 0 Å². The van der Waals surface area contributed by atoms with Crippen LogP contribution in [0.1, 0.15) is 29.2 Å². The van der Waals surface area contributed by atoms with Gasteiger partial charge in [-0.3, -0.25) is 14.5 Å². The SMILES string of the molecule is O=C(C[C@@H]1C(=O)NCCN1CC(c1ccccc1)c1ccccc1)NCc1ccon1. The lowest BCUT2D eigenvalue weighted by Crippen LogP contribution is -2.57. The molecule has 1 aliphatic rings. The number of hydrogen-bond donors (Lipinski definition) is 2. The highest BCUT2D eigenvalue weighted by Crippen LogP contribution is 2.27. The van der Waals surface area contributed by atoms with Gasteiger partial charge >= 0.3 is 0 Å². The first-order valence-corrected chi connectivity index (χ1v) is 10.5. The van der Waals surface area contributed by atoms with Gasteiger partial charge in [-0.15, -0.1) is 0 Å². The molecule has 2 heterocycles. The minimum absolute atomic E-state index is 0.0972. The van der Waals surface area contributed by atoms with Crippen LogP contribution in [0.5, 0.6) is 0 Å². The summed E-state index contributed by atoms with van der Waals surface area (Å²) in [5.41, 5.74) is 3.02. The highest BCUT2D eigenvalue weighted by Gasteiger charge is 2.33. The second-order valence-electron chi connectivity index (χ2n) is 7.65. The van der Waals surface area contributed by atoms with E-state index < -0.39 is 6.04 Å². The molecule has 31 heavy (non-hydrogen) atoms. The van der Waals surface area contributed by atoms with Crippen LogP contribution >= 0.6 is 0 Å². The Bertz CT molecular complexity index is 937. The highest BCUT2D eigenvalue weighted by molar-refractivity contribution is 5.88. The van der Waals surface area contributed by atoms with Crippen molar-refractivity contribution in [3.8, 4) is 0 Å². The molecule has 4 rings (SSSR count). The molecule has 7 nitrogen and oxygen atoms in total. The predicted octanol–water partition coefficient (Wildman–Crippen LogP) is 2.31. The maximum atomic E-state index is 12.7. The fourth-order valence-corrected chi connectivity index (χ4v) is 3.98. The average molecular weight is 418 g/mol. The van der Waals surface area contributed by atoms with Crippen LogP contribution in [0.3, 0.4) is 0 Å². The second kappa shape index (κ2) is 10.0. The number of nitrogens with zero attached hydrogens (tertiary/aromatic N) is 2. The van der Waals surface area contributed by atoms with Gasteiger partial charge in [-0.05, 0) is 11.1 Å². The van der Waals surface area contributed by atoms with Gasteiger partial charge < -0.3 is 15.2 Å². The summed E-state index contributed by atoms with van der Waals surface area (Å²) in [5.74, 6) is -0.192. The van der Waals surface area contributed by atoms with Gasteiger partial charge in [0.25, 0.3) is 0 Å². The molecule has 7 heteroatoms. The number of amides is 2. The summed E-state index contributed by atoms with van der Waals surface area (Å²) < 4.78 is 4.79. The summed E-state index contributed by atoms with van der Waals surface area (Å²) in [6, 6.07) is 21.8. The summed E-state index contributed by atoms with van der Waals surface area (Å²) >= 11 is 0. The molecule has 0 bridgehead atoms. The van der Waals surface area contributed by atoms with Gasteiger partial charge in [0.2, 0.25) is 11.8 Å². The van der Waals surface area contributed by atoms with E-state index in [1.54, 1.807) is 6.07 Å². The van der Waals surface area contributed by atoms with E-state index in [-0.39, 0.29) is 30.7 Å². The fourth-order valence-electron chi connectivity index (χ4n) is 3.98. The molecule has 0 saturated carbocycles. The van der Waals surface area contributed by atoms with Crippen LogP contribution in [0.4, 0.5) is 0 Å². The molecule has 2 aromatic carbocycles. The molecule has 0 spiro atoms. The van der Waals surface area contributed by atoms with Crippen molar-refractivity contribution in [2.75, 3.05) is 19.6 Å². The largest absolute Gasteiger partial charge is 0.364 e. The number of piperazine rings is 1. The lowest BCUT2D eigenvalue weighted by atomic mass is 9.90. The molecule has 1 aromatic heterocycles. The zero-order chi connectivity index (χ0) is 21.5. The molecule has 1 saturated heterocycles. The number of carbonyl (C=O) groups excluding carboxylic acids is 2. The van der Waals surface area contributed by atoms with E-state index in [9.17, 15) is 9.59 Å². The van der Waals surface area contributed by atoms with Crippen LogP contribution in [0.15, 0.2) is 77.5 Å². The summed E-state index contributed by atoms with van der Waals surface area (Å²) in [6.07, 6.45) is 1.56. The fraction of sp³-hybridized carbons (Fsp3) is 0.292. The monoisotopic (exact) mass is 418 g/mol. The maximum absolute atomic E-state index is 12.7. The molecule has 0 radical (unpaired) electrons. The smallest absolute Gasteiger partial charge is 0.237 e. The van der Waals surface area contributed by atoms with Gasteiger partial charge in [0.05, 0.1) is 19.0 Å². The molecule has 160 valence electrons. The van der Waals surface area contributed by atoms with E-state index in [2.05, 4.69) is 45.0 Å². The molecule has 1 atom stereocenters. The Hall–Kier alpha value is -3.45. The van der Waals surface area contributed by atoms with Gasteiger partial charge in [0.15, 0.2) is 0 Å². The number of nitrogens with one attached hydrogen (secondary N) is 2. The van der Waals surface area contributed by atoms with Crippen LogP contribution < -0.4 is 10.6 Å². The third-order valence-corrected chi connectivity index (χ3v) is 5.60. The minimum atomic E-state index is -0.513. The molecule has 3 aromatic rings. The topological polar surface area (TPSA) is 87.5 Å². The Morgan fingerprint density at radius 1 is 1.10 bits per heavy atom. The van der Waals surface area contributed by atoms with Gasteiger partial charge in [-0.25, -0.2) is 0 Å². The third kappa shape index (κ3) is 5.38. The summed E-state index contributed by atoms with van der Waals surface area (Å²) in [5, 5.41) is 9.52. The summed E-state index contributed by atoms with van der Waals surface area (Å²) in [7, 11) is 0. The van der Waals surface area contributed by atoms with Crippen molar-refractivity contribution in [3.05, 3.63) is 89.8 Å². The first-order chi connectivity index (χ1) is 15.2. The normalized spacial score (nSPS) is 16.8. The Morgan fingerprint density at radius 3 is 2.39 bits per heavy atom. The standard InChI is InChI=1S/C24H26N4O3/c29-23(26-16-20-11-14-31-27-20)15-22-24(30)25-12-13-28(22)17-21(18-7-3-1-4-8-18)19-9-5-2-6-10-19/h1-11,14,21-22H,12-13,15-17H2,(H,25,30)(H,26,29)/t22-/m1/s1. The van der Waals surface area contributed by atoms with Crippen molar-refractivity contribution in [2.45, 2.75) is 24.9 Å². The average Bonchev–Trinajstić information content (AvgIpc) is 3.33. The molecular formula is C24H26N4O3. The first-order valence-electron chi connectivity index (χ1n) is 10.5. The maximum Gasteiger partial charge on any atom is 0.237 e. The predicted molar refractivity (Wildman–Crippen MR) is 116 cm³/mol. The van der Waals surface area contributed by atoms with E-state index in [1.165, 1.54) is 17.4 Å². The Morgan fingerprint density at radius 2 is 1.77 bits per heavy atom. The Balaban J connectivity index is 1.49. The van der Waals surface area contributed by atoms with Crippen molar-refractivity contribution in [1.29, 1.82) is 0 Å². The third-order valence-electron chi connectivity index (χ3n) is 5.60. The molecule has 1 fully saturated rings. The zero-order valence-electron chi connectivity index (χ0n) is 17.2. The number of hydrogen-bond acceptors (Lipinski definition) is 5. The van der Waals surface area contributed by atoms with Crippen molar-refractivity contribution in [2.24, 2.45) is 0 Å². The quantitative estimate of drug-likeness (QED) is 0.586. The van der Waals surface area contributed by atoms with E-state index in [0.717, 1.165) is 0 Å². The minimum Gasteiger partial charge on any atom is -0.364 e. The molecule has 0 unspecified atom stereocenters. The number of benzene rings is 2. The number of rotatable bonds is 8. The van der Waals surface area contributed by atoms with Crippen molar-refractivity contribution < 1.29 is 14.1 Å². The molecule has 2 amide bonds. The summed E-state index contributed by atoms with van der Waals surface area (Å²) in [6.45, 7) is 2.21. The summed E-state index contributed by atoms with van der Waals surface area (Å²) in [4.78, 5) is 27.3. The number of aromatic nitrogens is 1. The van der Waals surface area contributed by atoms with E-state index in [1.807, 2.05) is 36.4 Å². The van der Waals surface area contributed by atoms with Gasteiger partial charge in [-0.2, -0.15) is 0 Å². The second-order valence-corrected chi connectivity index (χ2v) is 7.65. The Labute approximate surface area is 181 Å². The Kier molecular flexibility index (Phi) is 6.74. The van der Waals surface area contributed by atoms with E-state index in [4.69, 9.17) is 4.52 Å². The van der Waals surface area contributed by atoms with Gasteiger partial charge in [0.1, 0.15) is 12.0 Å².